The SMILES string of the molecule is CC#CCCC(=O)Oc1ccccc1OCc1ccc(CN2CCC3(CC2)CN(C)c2ccccc23)o1. The second-order valence-electron chi connectivity index (χ2n) is 9.93. The molecular formula is C31H34N2O4. The quantitative estimate of drug-likeness (QED) is 0.231. The van der Waals surface area contributed by atoms with Gasteiger partial charge < -0.3 is 18.8 Å². The van der Waals surface area contributed by atoms with Crippen LogP contribution in [0.3, 0.4) is 0 Å². The summed E-state index contributed by atoms with van der Waals surface area (Å²) in [5, 5.41) is 0. The van der Waals surface area contributed by atoms with Gasteiger partial charge in [0.2, 0.25) is 0 Å². The summed E-state index contributed by atoms with van der Waals surface area (Å²) in [5.41, 5.74) is 3.16. The Bertz CT molecular complexity index is 1290. The van der Waals surface area contributed by atoms with Crippen molar-refractivity contribution in [2.24, 2.45) is 0 Å². The molecule has 0 N–H and O–H groups in total. The molecule has 1 spiro atoms. The second-order valence-corrected chi connectivity index (χ2v) is 9.93. The van der Waals surface area contributed by atoms with Gasteiger partial charge in [0.05, 0.1) is 13.0 Å². The zero-order valence-electron chi connectivity index (χ0n) is 21.7. The first kappa shape index (κ1) is 25.0. The topological polar surface area (TPSA) is 55.2 Å². The number of carbonyl (C=O) groups is 1. The number of nitrogens with zero attached hydrogens (tertiary/aromatic N) is 2. The molecule has 2 aliphatic heterocycles. The predicted molar refractivity (Wildman–Crippen MR) is 144 cm³/mol. The minimum atomic E-state index is -0.324. The van der Waals surface area contributed by atoms with E-state index in [9.17, 15) is 4.79 Å². The lowest BCUT2D eigenvalue weighted by atomic mass is 9.74. The zero-order valence-corrected chi connectivity index (χ0v) is 21.7. The molecule has 3 aromatic rings. The smallest absolute Gasteiger partial charge is 0.312 e. The number of rotatable bonds is 8. The Morgan fingerprint density at radius 2 is 1.73 bits per heavy atom. The Morgan fingerprint density at radius 3 is 2.54 bits per heavy atom. The van der Waals surface area contributed by atoms with E-state index in [0.717, 1.165) is 50.5 Å². The maximum atomic E-state index is 12.1. The van der Waals surface area contributed by atoms with Crippen molar-refractivity contribution in [1.29, 1.82) is 0 Å². The Hall–Kier alpha value is -3.69. The maximum Gasteiger partial charge on any atom is 0.312 e. The Kier molecular flexibility index (Phi) is 7.52. The molecule has 0 saturated carbocycles. The molecular weight excluding hydrogens is 464 g/mol. The highest BCUT2D eigenvalue weighted by atomic mass is 16.6. The predicted octanol–water partition coefficient (Wildman–Crippen LogP) is 5.55. The van der Waals surface area contributed by atoms with Gasteiger partial charge in [-0.1, -0.05) is 30.3 Å². The third kappa shape index (κ3) is 5.68. The molecule has 37 heavy (non-hydrogen) atoms. The summed E-state index contributed by atoms with van der Waals surface area (Å²) in [6.07, 6.45) is 3.05. The first-order chi connectivity index (χ1) is 18.1. The minimum absolute atomic E-state index is 0.248. The molecule has 0 amide bonds. The van der Waals surface area contributed by atoms with Gasteiger partial charge in [0.1, 0.15) is 18.1 Å². The first-order valence-electron chi connectivity index (χ1n) is 13.0. The van der Waals surface area contributed by atoms with Crippen LogP contribution in [0.1, 0.15) is 49.7 Å². The van der Waals surface area contributed by atoms with Crippen LogP contribution in [0.2, 0.25) is 0 Å². The van der Waals surface area contributed by atoms with E-state index in [-0.39, 0.29) is 24.4 Å². The van der Waals surface area contributed by atoms with Gasteiger partial charge in [0.25, 0.3) is 0 Å². The number of furan rings is 1. The van der Waals surface area contributed by atoms with Gasteiger partial charge >= 0.3 is 5.97 Å². The molecule has 1 aromatic heterocycles. The number of hydrogen-bond donors (Lipinski definition) is 0. The Labute approximate surface area is 219 Å². The average molecular weight is 499 g/mol. The Balaban J connectivity index is 1.13. The van der Waals surface area contributed by atoms with Crippen LogP contribution < -0.4 is 14.4 Å². The van der Waals surface area contributed by atoms with E-state index in [1.807, 2.05) is 24.3 Å². The van der Waals surface area contributed by atoms with Gasteiger partial charge in [-0.25, -0.2) is 0 Å². The van der Waals surface area contributed by atoms with E-state index in [0.29, 0.717) is 17.9 Å². The van der Waals surface area contributed by atoms with E-state index >= 15 is 0 Å². The fourth-order valence-corrected chi connectivity index (χ4v) is 5.52. The van der Waals surface area contributed by atoms with Gasteiger partial charge in [-0.15, -0.1) is 11.8 Å². The summed E-state index contributed by atoms with van der Waals surface area (Å²) in [7, 11) is 2.21. The standard InChI is InChI=1S/C31H34N2O4/c1-3-4-5-14-30(34)37-29-13-9-8-12-28(29)35-22-25-16-15-24(36-25)21-33-19-17-31(18-20-33)23-32(2)27-11-7-6-10-26(27)31/h6-13,15-16H,5,14,17-23H2,1-2H3. The minimum Gasteiger partial charge on any atom is -0.482 e. The molecule has 0 aliphatic carbocycles. The summed E-state index contributed by atoms with van der Waals surface area (Å²) in [4.78, 5) is 17.0. The monoisotopic (exact) mass is 498 g/mol. The number of likely N-dealkylation sites (N-methyl/N-ethyl adjacent to an activating group) is 1. The van der Waals surface area contributed by atoms with Crippen molar-refractivity contribution in [2.45, 2.75) is 51.2 Å². The number of piperidine rings is 1. The van der Waals surface area contributed by atoms with Crippen molar-refractivity contribution >= 4 is 11.7 Å². The van der Waals surface area contributed by atoms with Gasteiger partial charge in [-0.3, -0.25) is 9.69 Å². The van der Waals surface area contributed by atoms with Gasteiger partial charge in [-0.2, -0.15) is 0 Å². The fourth-order valence-electron chi connectivity index (χ4n) is 5.52. The van der Waals surface area contributed by atoms with Crippen molar-refractivity contribution < 1.29 is 18.7 Å². The largest absolute Gasteiger partial charge is 0.482 e. The van der Waals surface area contributed by atoms with Crippen molar-refractivity contribution in [1.82, 2.24) is 4.90 Å². The lowest BCUT2D eigenvalue weighted by molar-refractivity contribution is -0.134. The van der Waals surface area contributed by atoms with E-state index in [4.69, 9.17) is 13.9 Å². The third-order valence-electron chi connectivity index (χ3n) is 7.41. The molecule has 0 radical (unpaired) electrons. The van der Waals surface area contributed by atoms with Crippen LogP contribution in [-0.2, 0) is 23.4 Å². The maximum absolute atomic E-state index is 12.1. The number of carbonyl (C=O) groups excluding carboxylic acids is 1. The molecule has 6 heteroatoms. The number of para-hydroxylation sites is 3. The van der Waals surface area contributed by atoms with Crippen LogP contribution in [0, 0.1) is 11.8 Å². The van der Waals surface area contributed by atoms with Crippen LogP contribution >= 0.6 is 0 Å². The number of hydrogen-bond acceptors (Lipinski definition) is 6. The summed E-state index contributed by atoms with van der Waals surface area (Å²) in [6.45, 7) is 6.02. The lowest BCUT2D eigenvalue weighted by Gasteiger charge is -2.39. The third-order valence-corrected chi connectivity index (χ3v) is 7.41. The molecule has 192 valence electrons. The molecule has 6 nitrogen and oxygen atoms in total. The molecule has 5 rings (SSSR count). The number of benzene rings is 2. The van der Waals surface area contributed by atoms with E-state index in [1.165, 1.54) is 11.3 Å². The fraction of sp³-hybridized carbons (Fsp3) is 0.387. The highest BCUT2D eigenvalue weighted by molar-refractivity contribution is 5.73. The normalized spacial score (nSPS) is 16.2. The van der Waals surface area contributed by atoms with E-state index in [2.05, 4.69) is 53.0 Å². The molecule has 2 aliphatic rings. The number of esters is 1. The van der Waals surface area contributed by atoms with Crippen LogP contribution in [-0.4, -0.2) is 37.6 Å². The summed E-state index contributed by atoms with van der Waals surface area (Å²) < 4.78 is 17.5. The number of anilines is 1. The molecule has 3 heterocycles. The molecule has 0 bridgehead atoms. The Morgan fingerprint density at radius 1 is 1.00 bits per heavy atom. The summed E-state index contributed by atoms with van der Waals surface area (Å²) >= 11 is 0. The van der Waals surface area contributed by atoms with Gasteiger partial charge in [0.15, 0.2) is 11.5 Å². The van der Waals surface area contributed by atoms with Gasteiger partial charge in [0, 0.05) is 31.1 Å². The van der Waals surface area contributed by atoms with E-state index in [1.54, 1.807) is 19.1 Å². The number of fused-ring (bicyclic) bond motifs is 2. The molecule has 1 saturated heterocycles. The second kappa shape index (κ2) is 11.1. The molecule has 0 atom stereocenters. The molecule has 0 unspecified atom stereocenters. The number of likely N-dealkylation sites (tertiary alicyclic amines) is 1. The molecule has 1 fully saturated rings. The highest BCUT2D eigenvalue weighted by Crippen LogP contribution is 2.46. The first-order valence-corrected chi connectivity index (χ1v) is 13.0. The molecule has 2 aromatic carbocycles. The van der Waals surface area contributed by atoms with Crippen LogP contribution in [0.25, 0.3) is 0 Å². The summed E-state index contributed by atoms with van der Waals surface area (Å²) in [6, 6.07) is 20.0. The van der Waals surface area contributed by atoms with Gasteiger partial charge in [-0.05, 0) is 68.8 Å². The summed E-state index contributed by atoms with van der Waals surface area (Å²) in [5.74, 6) is 7.94. The van der Waals surface area contributed by atoms with Crippen LogP contribution in [0.5, 0.6) is 11.5 Å². The average Bonchev–Trinajstić information content (AvgIpc) is 3.47. The van der Waals surface area contributed by atoms with Crippen molar-refractivity contribution in [3.05, 3.63) is 77.7 Å². The van der Waals surface area contributed by atoms with Crippen molar-refractivity contribution in [3.8, 4) is 23.3 Å². The zero-order chi connectivity index (χ0) is 25.7. The van der Waals surface area contributed by atoms with Crippen LogP contribution in [0.15, 0.2) is 65.1 Å². The number of ether oxygens (including phenoxy) is 2. The van der Waals surface area contributed by atoms with Crippen molar-refractivity contribution in [2.75, 3.05) is 31.6 Å². The highest BCUT2D eigenvalue weighted by Gasteiger charge is 2.43. The van der Waals surface area contributed by atoms with Crippen LogP contribution in [0.4, 0.5) is 5.69 Å². The van der Waals surface area contributed by atoms with Crippen molar-refractivity contribution in [3.63, 3.8) is 0 Å². The lowest BCUT2D eigenvalue weighted by Crippen LogP contribution is -2.44. The van der Waals surface area contributed by atoms with E-state index < -0.39 is 0 Å².